The first-order valence-electron chi connectivity index (χ1n) is 6.31. The number of carboxylic acid groups (broad SMARTS) is 1. The molecule has 0 aliphatic rings. The minimum Gasteiger partial charge on any atom is -0.480 e. The number of carboxylic acids is 1. The van der Waals surface area contributed by atoms with E-state index in [1.54, 1.807) is 0 Å². The van der Waals surface area contributed by atoms with Gasteiger partial charge in [0.25, 0.3) is 0 Å². The fraction of sp³-hybridized carbons (Fsp3) is 0.769. The van der Waals surface area contributed by atoms with Crippen LogP contribution in [0.3, 0.4) is 0 Å². The van der Waals surface area contributed by atoms with Crippen LogP contribution in [-0.4, -0.2) is 28.9 Å². The molecule has 0 aromatic carbocycles. The molecule has 0 rings (SSSR count). The Morgan fingerprint density at radius 2 is 1.74 bits per heavy atom. The van der Waals surface area contributed by atoms with Gasteiger partial charge in [0.05, 0.1) is 6.42 Å². The van der Waals surface area contributed by atoms with Gasteiger partial charge in [-0.25, -0.2) is 4.79 Å². The summed E-state index contributed by atoms with van der Waals surface area (Å²) >= 11 is 0. The van der Waals surface area contributed by atoms with Gasteiger partial charge in [-0.2, -0.15) is 0 Å². The second kappa shape index (κ2) is 7.11. The topological polar surface area (TPSA) is 109 Å². The predicted molar refractivity (Wildman–Crippen MR) is 71.2 cm³/mol. The zero-order valence-electron chi connectivity index (χ0n) is 12.0. The zero-order chi connectivity index (χ0) is 15.2. The van der Waals surface area contributed by atoms with Crippen LogP contribution in [0.2, 0.25) is 0 Å². The van der Waals surface area contributed by atoms with Gasteiger partial charge in [-0.3, -0.25) is 9.59 Å². The van der Waals surface area contributed by atoms with Gasteiger partial charge in [0.2, 0.25) is 11.8 Å². The number of hydrogen-bond donors (Lipinski definition) is 3. The normalized spacial score (nSPS) is 14.5. The molecule has 0 aliphatic carbocycles. The highest BCUT2D eigenvalue weighted by atomic mass is 16.4. The minimum absolute atomic E-state index is 0.110. The van der Waals surface area contributed by atoms with E-state index in [1.807, 2.05) is 6.92 Å². The molecule has 19 heavy (non-hydrogen) atoms. The molecule has 0 bridgehead atoms. The smallest absolute Gasteiger partial charge is 0.326 e. The van der Waals surface area contributed by atoms with Crippen molar-refractivity contribution in [1.29, 1.82) is 0 Å². The Morgan fingerprint density at radius 1 is 1.21 bits per heavy atom. The first-order valence-corrected chi connectivity index (χ1v) is 6.31. The van der Waals surface area contributed by atoms with Crippen molar-refractivity contribution in [2.24, 2.45) is 17.1 Å². The Hall–Kier alpha value is -1.59. The Kier molecular flexibility index (Phi) is 6.52. The summed E-state index contributed by atoms with van der Waals surface area (Å²) in [7, 11) is 0. The highest BCUT2D eigenvalue weighted by molar-refractivity contribution is 5.88. The van der Waals surface area contributed by atoms with Crippen LogP contribution in [0.1, 0.15) is 47.0 Å². The van der Waals surface area contributed by atoms with Crippen molar-refractivity contribution in [2.45, 2.75) is 53.0 Å². The molecule has 0 radical (unpaired) electrons. The number of amides is 2. The third kappa shape index (κ3) is 9.04. The average molecular weight is 272 g/mol. The van der Waals surface area contributed by atoms with E-state index >= 15 is 0 Å². The van der Waals surface area contributed by atoms with Gasteiger partial charge in [-0.1, -0.05) is 27.7 Å². The SMILES string of the molecule is CC(CC(=O)NC(CC(N)=O)C(=O)O)CC(C)(C)C. The van der Waals surface area contributed by atoms with Crippen molar-refractivity contribution in [1.82, 2.24) is 5.32 Å². The van der Waals surface area contributed by atoms with Crippen molar-refractivity contribution in [2.75, 3.05) is 0 Å². The van der Waals surface area contributed by atoms with E-state index in [1.165, 1.54) is 0 Å². The molecule has 0 aliphatic heterocycles. The third-order valence-electron chi connectivity index (χ3n) is 2.53. The van der Waals surface area contributed by atoms with Crippen LogP contribution < -0.4 is 11.1 Å². The molecule has 6 heteroatoms. The van der Waals surface area contributed by atoms with Crippen LogP contribution in [0.15, 0.2) is 0 Å². The number of carbonyl (C=O) groups is 3. The van der Waals surface area contributed by atoms with Crippen molar-refractivity contribution < 1.29 is 19.5 Å². The molecular formula is C13H24N2O4. The second-order valence-corrected chi connectivity index (χ2v) is 6.20. The Morgan fingerprint density at radius 3 is 2.11 bits per heavy atom. The summed E-state index contributed by atoms with van der Waals surface area (Å²) in [6.07, 6.45) is 0.697. The molecule has 110 valence electrons. The molecule has 2 unspecified atom stereocenters. The first-order chi connectivity index (χ1) is 8.51. The predicted octanol–water partition coefficient (Wildman–Crippen LogP) is 0.894. The molecule has 0 saturated carbocycles. The van der Waals surface area contributed by atoms with E-state index in [-0.39, 0.29) is 23.7 Å². The average Bonchev–Trinajstić information content (AvgIpc) is 2.11. The lowest BCUT2D eigenvalue weighted by molar-refractivity contribution is -0.143. The van der Waals surface area contributed by atoms with Crippen LogP contribution in [0.4, 0.5) is 0 Å². The maximum absolute atomic E-state index is 11.7. The number of rotatable bonds is 7. The quantitative estimate of drug-likeness (QED) is 0.639. The van der Waals surface area contributed by atoms with Gasteiger partial charge in [-0.05, 0) is 17.8 Å². The van der Waals surface area contributed by atoms with Crippen molar-refractivity contribution >= 4 is 17.8 Å². The third-order valence-corrected chi connectivity index (χ3v) is 2.53. The van der Waals surface area contributed by atoms with Gasteiger partial charge in [0.15, 0.2) is 0 Å². The number of hydrogen-bond acceptors (Lipinski definition) is 3. The Bertz CT molecular complexity index is 347. The lowest BCUT2D eigenvalue weighted by atomic mass is 9.84. The molecule has 0 saturated heterocycles. The summed E-state index contributed by atoms with van der Waals surface area (Å²) in [6, 6.07) is -1.24. The van der Waals surface area contributed by atoms with Crippen LogP contribution in [0.5, 0.6) is 0 Å². The van der Waals surface area contributed by atoms with Gasteiger partial charge in [0.1, 0.15) is 6.04 Å². The minimum atomic E-state index is -1.25. The van der Waals surface area contributed by atoms with Crippen LogP contribution in [0, 0.1) is 11.3 Å². The summed E-state index contributed by atoms with van der Waals surface area (Å²) in [5, 5.41) is 11.2. The van der Waals surface area contributed by atoms with Crippen molar-refractivity contribution in [3.63, 3.8) is 0 Å². The molecule has 0 spiro atoms. The monoisotopic (exact) mass is 272 g/mol. The summed E-state index contributed by atoms with van der Waals surface area (Å²) < 4.78 is 0. The fourth-order valence-corrected chi connectivity index (χ4v) is 2.09. The van der Waals surface area contributed by atoms with Crippen molar-refractivity contribution in [3.8, 4) is 0 Å². The molecule has 2 atom stereocenters. The first kappa shape index (κ1) is 17.4. The number of nitrogens with two attached hydrogens (primary N) is 1. The fourth-order valence-electron chi connectivity index (χ4n) is 2.09. The molecule has 4 N–H and O–H groups in total. The molecule has 0 aromatic rings. The highest BCUT2D eigenvalue weighted by Crippen LogP contribution is 2.25. The van der Waals surface area contributed by atoms with E-state index in [4.69, 9.17) is 10.8 Å². The summed E-state index contributed by atoms with van der Waals surface area (Å²) in [6.45, 7) is 8.17. The molecule has 6 nitrogen and oxygen atoms in total. The van der Waals surface area contributed by atoms with Crippen LogP contribution >= 0.6 is 0 Å². The molecule has 0 aromatic heterocycles. The standard InChI is InChI=1S/C13H24N2O4/c1-8(7-13(2,3)4)5-11(17)15-9(12(18)19)6-10(14)16/h8-9H,5-7H2,1-4H3,(H2,14,16)(H,15,17)(H,18,19). The number of carbonyl (C=O) groups excluding carboxylic acids is 2. The Labute approximate surface area is 113 Å². The summed E-state index contributed by atoms with van der Waals surface area (Å²) in [5.41, 5.74) is 5.05. The van der Waals surface area contributed by atoms with Gasteiger partial charge < -0.3 is 16.2 Å². The van der Waals surface area contributed by atoms with Crippen LogP contribution in [-0.2, 0) is 14.4 Å². The molecule has 2 amide bonds. The van der Waals surface area contributed by atoms with E-state index in [2.05, 4.69) is 26.1 Å². The Balaban J connectivity index is 4.34. The number of primary amides is 1. The summed E-state index contributed by atoms with van der Waals surface area (Å²) in [4.78, 5) is 33.3. The maximum atomic E-state index is 11.7. The van der Waals surface area contributed by atoms with E-state index in [0.717, 1.165) is 6.42 Å². The van der Waals surface area contributed by atoms with Crippen LogP contribution in [0.25, 0.3) is 0 Å². The highest BCUT2D eigenvalue weighted by Gasteiger charge is 2.24. The van der Waals surface area contributed by atoms with Gasteiger partial charge in [0, 0.05) is 6.42 Å². The number of nitrogens with one attached hydrogen (secondary N) is 1. The number of aliphatic carboxylic acids is 1. The summed E-state index contributed by atoms with van der Waals surface area (Å²) in [5.74, 6) is -2.24. The van der Waals surface area contributed by atoms with Crippen molar-refractivity contribution in [3.05, 3.63) is 0 Å². The second-order valence-electron chi connectivity index (χ2n) is 6.20. The molecular weight excluding hydrogens is 248 g/mol. The lowest BCUT2D eigenvalue weighted by Gasteiger charge is -2.23. The lowest BCUT2D eigenvalue weighted by Crippen LogP contribution is -2.43. The molecule has 0 fully saturated rings. The maximum Gasteiger partial charge on any atom is 0.326 e. The molecule has 0 heterocycles. The van der Waals surface area contributed by atoms with E-state index in [0.29, 0.717) is 0 Å². The van der Waals surface area contributed by atoms with Gasteiger partial charge in [-0.15, -0.1) is 0 Å². The largest absolute Gasteiger partial charge is 0.480 e. The van der Waals surface area contributed by atoms with E-state index < -0.39 is 24.3 Å². The zero-order valence-corrected chi connectivity index (χ0v) is 12.0. The van der Waals surface area contributed by atoms with Gasteiger partial charge >= 0.3 is 5.97 Å². The van der Waals surface area contributed by atoms with E-state index in [9.17, 15) is 14.4 Å².